The molecule has 1 fully saturated rings. The highest BCUT2D eigenvalue weighted by atomic mass is 16.5. The van der Waals surface area contributed by atoms with E-state index >= 15 is 0 Å². The maximum atomic E-state index is 13.0. The van der Waals surface area contributed by atoms with Gasteiger partial charge < -0.3 is 19.8 Å². The summed E-state index contributed by atoms with van der Waals surface area (Å²) in [6.45, 7) is 7.09. The van der Waals surface area contributed by atoms with Crippen molar-refractivity contribution in [2.45, 2.75) is 33.2 Å². The lowest BCUT2D eigenvalue weighted by Crippen LogP contribution is -2.40. The number of H-pyrrole nitrogens is 1. The second kappa shape index (κ2) is 8.02. The van der Waals surface area contributed by atoms with Crippen LogP contribution in [0.3, 0.4) is 0 Å². The van der Waals surface area contributed by atoms with E-state index in [1.54, 1.807) is 59.1 Å². The minimum atomic E-state index is -1.25. The first-order valence-electron chi connectivity index (χ1n) is 9.44. The number of aromatic nitrogens is 1. The number of hydrogen-bond acceptors (Lipinski definition) is 6. The lowest BCUT2D eigenvalue weighted by molar-refractivity contribution is -0.131. The molecule has 0 spiro atoms. The second-order valence-electron chi connectivity index (χ2n) is 7.03. The van der Waals surface area contributed by atoms with Crippen molar-refractivity contribution in [3.05, 3.63) is 52.3 Å². The number of esters is 1. The maximum Gasteiger partial charge on any atom is 0.346 e. The first kappa shape index (κ1) is 21.1. The molecule has 0 radical (unpaired) electrons. The average molecular weight is 412 g/mol. The number of nitrogens with zero attached hydrogens (tertiary/aromatic N) is 2. The zero-order valence-corrected chi connectivity index (χ0v) is 17.5. The average Bonchev–Trinajstić information content (AvgIpc) is 3.12. The van der Waals surface area contributed by atoms with Gasteiger partial charge in [-0.1, -0.05) is 12.1 Å². The molecule has 0 aliphatic carbocycles. The first-order valence-corrected chi connectivity index (χ1v) is 9.44. The molecule has 3 amide bonds. The predicted octanol–water partition coefficient (Wildman–Crippen LogP) is 2.62. The number of nitrogens with one attached hydrogen (secondary N) is 2. The molecule has 2 aromatic rings. The van der Waals surface area contributed by atoms with E-state index in [1.807, 2.05) is 0 Å². The van der Waals surface area contributed by atoms with Crippen molar-refractivity contribution in [1.29, 1.82) is 0 Å². The van der Waals surface area contributed by atoms with Crippen molar-refractivity contribution < 1.29 is 23.9 Å². The largest absolute Gasteiger partial charge is 0.497 e. The summed E-state index contributed by atoms with van der Waals surface area (Å²) < 4.78 is 10.2. The number of urea groups is 1. The number of rotatable bonds is 6. The molecule has 9 nitrogen and oxygen atoms in total. The topological polar surface area (TPSA) is 113 Å². The monoisotopic (exact) mass is 412 g/mol. The number of aromatic amines is 1. The molecule has 3 rings (SSSR count). The van der Waals surface area contributed by atoms with Gasteiger partial charge in [0, 0.05) is 5.69 Å². The Kier molecular flexibility index (Phi) is 5.64. The van der Waals surface area contributed by atoms with Gasteiger partial charge in [0.2, 0.25) is 0 Å². The molecule has 1 atom stereocenters. The van der Waals surface area contributed by atoms with Gasteiger partial charge in [-0.25, -0.2) is 9.59 Å². The number of aryl methyl sites for hydroxylation is 1. The Morgan fingerprint density at radius 1 is 1.23 bits per heavy atom. The minimum absolute atomic E-state index is 0.263. The van der Waals surface area contributed by atoms with E-state index in [2.05, 4.69) is 15.4 Å². The minimum Gasteiger partial charge on any atom is -0.497 e. The van der Waals surface area contributed by atoms with Gasteiger partial charge in [-0.2, -0.15) is 5.10 Å². The Morgan fingerprint density at radius 3 is 2.50 bits per heavy atom. The van der Waals surface area contributed by atoms with Gasteiger partial charge in [0.15, 0.2) is 0 Å². The van der Waals surface area contributed by atoms with Crippen LogP contribution in [0.25, 0.3) is 0 Å². The molecule has 30 heavy (non-hydrogen) atoms. The molecule has 1 aliphatic rings. The fraction of sp³-hybridized carbons (Fsp3) is 0.333. The van der Waals surface area contributed by atoms with Crippen LogP contribution in [-0.2, 0) is 15.1 Å². The maximum absolute atomic E-state index is 13.0. The van der Waals surface area contributed by atoms with Crippen molar-refractivity contribution in [1.82, 2.24) is 15.3 Å². The van der Waals surface area contributed by atoms with Crippen LogP contribution in [0.15, 0.2) is 29.4 Å². The van der Waals surface area contributed by atoms with Crippen LogP contribution in [0.4, 0.5) is 4.79 Å². The number of methoxy groups -OCH3 is 1. The Balaban J connectivity index is 1.86. The molecule has 0 bridgehead atoms. The quantitative estimate of drug-likeness (QED) is 0.430. The van der Waals surface area contributed by atoms with Gasteiger partial charge >= 0.3 is 12.0 Å². The number of benzene rings is 1. The fourth-order valence-electron chi connectivity index (χ4n) is 3.38. The van der Waals surface area contributed by atoms with Crippen LogP contribution < -0.4 is 10.1 Å². The Bertz CT molecular complexity index is 1020. The van der Waals surface area contributed by atoms with Gasteiger partial charge in [0.1, 0.15) is 11.3 Å². The molecule has 2 heterocycles. The highest BCUT2D eigenvalue weighted by molar-refractivity contribution is 6.07. The van der Waals surface area contributed by atoms with E-state index < -0.39 is 23.4 Å². The zero-order chi connectivity index (χ0) is 22.1. The van der Waals surface area contributed by atoms with Crippen molar-refractivity contribution in [3.8, 4) is 5.75 Å². The third-order valence-corrected chi connectivity index (χ3v) is 5.09. The number of carbonyl (C=O) groups excluding carboxylic acids is 3. The van der Waals surface area contributed by atoms with E-state index in [9.17, 15) is 14.4 Å². The molecular formula is C21H24N4O5. The summed E-state index contributed by atoms with van der Waals surface area (Å²) in [6.07, 6.45) is 1.35. The van der Waals surface area contributed by atoms with E-state index in [1.165, 1.54) is 6.21 Å². The summed E-state index contributed by atoms with van der Waals surface area (Å²) in [6, 6.07) is 6.23. The highest BCUT2D eigenvalue weighted by Crippen LogP contribution is 2.30. The van der Waals surface area contributed by atoms with Gasteiger partial charge in [-0.05, 0) is 51.0 Å². The molecule has 9 heteroatoms. The third-order valence-electron chi connectivity index (χ3n) is 5.09. The number of carbonyl (C=O) groups is 3. The molecule has 0 saturated carbocycles. The standard InChI is InChI=1S/C21H24N4O5/c1-6-30-18(26)17-12(2)16(23-13(17)3)11-22-25-19(27)21(4,24-20(25)28)14-7-9-15(29-5)10-8-14/h7-11,23H,6H2,1-5H3,(H,24,28)/b22-11+/t21-/m0/s1. The number of ether oxygens (including phenoxy) is 2. The van der Waals surface area contributed by atoms with E-state index in [0.717, 1.165) is 5.01 Å². The molecule has 1 aromatic carbocycles. The molecule has 158 valence electrons. The zero-order valence-electron chi connectivity index (χ0n) is 17.5. The molecular weight excluding hydrogens is 388 g/mol. The first-order chi connectivity index (χ1) is 14.2. The predicted molar refractivity (Wildman–Crippen MR) is 110 cm³/mol. The molecule has 0 unspecified atom stereocenters. The van der Waals surface area contributed by atoms with Crippen LogP contribution in [0.5, 0.6) is 5.75 Å². The summed E-state index contributed by atoms with van der Waals surface area (Å²) in [5.74, 6) is -0.310. The number of hydrogen-bond donors (Lipinski definition) is 2. The number of imide groups is 1. The summed E-state index contributed by atoms with van der Waals surface area (Å²) in [5.41, 5.74) is 1.52. The van der Waals surface area contributed by atoms with Crippen LogP contribution >= 0.6 is 0 Å². The van der Waals surface area contributed by atoms with Gasteiger partial charge in [0.25, 0.3) is 5.91 Å². The van der Waals surface area contributed by atoms with E-state index in [-0.39, 0.29) is 6.61 Å². The Morgan fingerprint density at radius 2 is 1.90 bits per heavy atom. The normalized spacial score (nSPS) is 18.8. The molecule has 1 saturated heterocycles. The van der Waals surface area contributed by atoms with Crippen LogP contribution in [-0.4, -0.2) is 47.8 Å². The van der Waals surface area contributed by atoms with Crippen molar-refractivity contribution in [2.75, 3.05) is 13.7 Å². The second-order valence-corrected chi connectivity index (χ2v) is 7.03. The summed E-state index contributed by atoms with van der Waals surface area (Å²) >= 11 is 0. The van der Waals surface area contributed by atoms with Crippen molar-refractivity contribution >= 4 is 24.1 Å². The van der Waals surface area contributed by atoms with Gasteiger partial charge in [0.05, 0.1) is 31.2 Å². The summed E-state index contributed by atoms with van der Waals surface area (Å²) in [5, 5.41) is 7.54. The Hall–Kier alpha value is -3.62. The van der Waals surface area contributed by atoms with Crippen molar-refractivity contribution in [2.24, 2.45) is 5.10 Å². The lowest BCUT2D eigenvalue weighted by Gasteiger charge is -2.21. The van der Waals surface area contributed by atoms with Gasteiger partial charge in [-0.3, -0.25) is 4.79 Å². The van der Waals surface area contributed by atoms with E-state index in [0.29, 0.717) is 33.8 Å². The highest BCUT2D eigenvalue weighted by Gasteiger charge is 2.49. The third kappa shape index (κ3) is 3.54. The number of hydrazone groups is 1. The SMILES string of the molecule is CCOC(=O)c1c(C)[nH]c(/C=N/N2C(=O)N[C@@](C)(c3ccc(OC)cc3)C2=O)c1C. The fourth-order valence-corrected chi connectivity index (χ4v) is 3.38. The molecule has 1 aliphatic heterocycles. The smallest absolute Gasteiger partial charge is 0.346 e. The van der Waals surface area contributed by atoms with Crippen LogP contribution in [0, 0.1) is 13.8 Å². The Labute approximate surface area is 174 Å². The van der Waals surface area contributed by atoms with Crippen molar-refractivity contribution in [3.63, 3.8) is 0 Å². The van der Waals surface area contributed by atoms with E-state index in [4.69, 9.17) is 9.47 Å². The molecule has 1 aromatic heterocycles. The lowest BCUT2D eigenvalue weighted by atomic mass is 9.92. The summed E-state index contributed by atoms with van der Waals surface area (Å²) in [4.78, 5) is 40.6. The summed E-state index contributed by atoms with van der Waals surface area (Å²) in [7, 11) is 1.55. The van der Waals surface area contributed by atoms with Gasteiger partial charge in [-0.15, -0.1) is 5.01 Å². The number of amides is 3. The van der Waals surface area contributed by atoms with Crippen LogP contribution in [0.1, 0.15) is 46.7 Å². The molecule has 2 N–H and O–H groups in total. The van der Waals surface area contributed by atoms with Crippen LogP contribution in [0.2, 0.25) is 0 Å².